The van der Waals surface area contributed by atoms with Gasteiger partial charge in [-0.1, -0.05) is 43.0 Å². The van der Waals surface area contributed by atoms with Gasteiger partial charge in [-0.3, -0.25) is 4.79 Å². The van der Waals surface area contributed by atoms with Crippen molar-refractivity contribution >= 4 is 46.3 Å². The highest BCUT2D eigenvalue weighted by molar-refractivity contribution is 7.18. The highest BCUT2D eigenvalue weighted by Gasteiger charge is 2.28. The van der Waals surface area contributed by atoms with Crippen LogP contribution in [0.4, 0.5) is 5.69 Å². The minimum Gasteiger partial charge on any atom is -0.479 e. The highest BCUT2D eigenvalue weighted by atomic mass is 35.5. The van der Waals surface area contributed by atoms with Crippen LogP contribution < -0.4 is 10.1 Å². The lowest BCUT2D eigenvalue weighted by Crippen LogP contribution is -2.36. The molecule has 0 aliphatic heterocycles. The maximum absolute atomic E-state index is 12.3. The topological polar surface area (TPSA) is 113 Å². The van der Waals surface area contributed by atoms with Gasteiger partial charge in [-0.25, -0.2) is 9.59 Å². The van der Waals surface area contributed by atoms with E-state index in [4.69, 9.17) is 21.4 Å². The molecule has 166 valence electrons. The van der Waals surface area contributed by atoms with E-state index in [1.165, 1.54) is 6.42 Å². The molecule has 3 N–H and O–H groups in total. The fourth-order valence-electron chi connectivity index (χ4n) is 3.93. The Hall–Kier alpha value is -2.58. The summed E-state index contributed by atoms with van der Waals surface area (Å²) >= 11 is 7.29. The van der Waals surface area contributed by atoms with Crippen LogP contribution in [0.1, 0.15) is 48.7 Å². The van der Waals surface area contributed by atoms with Gasteiger partial charge in [-0.05, 0) is 43.4 Å². The minimum atomic E-state index is -1.25. The first kappa shape index (κ1) is 23.1. The third-order valence-corrected chi connectivity index (χ3v) is 7.03. The number of rotatable bonds is 9. The quantitative estimate of drug-likeness (QED) is 0.467. The summed E-state index contributed by atoms with van der Waals surface area (Å²) in [7, 11) is 0. The first-order valence-electron chi connectivity index (χ1n) is 10.1. The number of hydrogen-bond donors (Lipinski definition) is 3. The third kappa shape index (κ3) is 5.57. The van der Waals surface area contributed by atoms with E-state index >= 15 is 0 Å². The van der Waals surface area contributed by atoms with Gasteiger partial charge in [0.1, 0.15) is 5.02 Å². The van der Waals surface area contributed by atoms with Crippen molar-refractivity contribution in [2.24, 2.45) is 5.92 Å². The first-order chi connectivity index (χ1) is 14.8. The molecule has 0 spiro atoms. The molecule has 1 aliphatic rings. The van der Waals surface area contributed by atoms with Crippen molar-refractivity contribution in [3.8, 4) is 16.2 Å². The Labute approximate surface area is 189 Å². The summed E-state index contributed by atoms with van der Waals surface area (Å²) in [4.78, 5) is 35.0. The largest absolute Gasteiger partial charge is 0.479 e. The molecule has 1 aromatic carbocycles. The summed E-state index contributed by atoms with van der Waals surface area (Å²) in [6, 6.07) is 6.95. The van der Waals surface area contributed by atoms with Crippen molar-refractivity contribution in [3.63, 3.8) is 0 Å². The minimum absolute atomic E-state index is 0.0520. The first-order valence-corrected chi connectivity index (χ1v) is 11.2. The average Bonchev–Trinajstić information content (AvgIpc) is 3.07. The normalized spacial score (nSPS) is 15.3. The lowest BCUT2D eigenvalue weighted by molar-refractivity contribution is -0.139. The fraction of sp³-hybridized carbons (Fsp3) is 0.409. The predicted octanol–water partition coefficient (Wildman–Crippen LogP) is 5.18. The maximum atomic E-state index is 12.3. The Morgan fingerprint density at radius 3 is 2.55 bits per heavy atom. The number of ether oxygens (including phenoxy) is 1. The van der Waals surface area contributed by atoms with Crippen molar-refractivity contribution in [1.82, 2.24) is 0 Å². The van der Waals surface area contributed by atoms with Crippen LogP contribution in [0, 0.1) is 5.92 Å². The second-order valence-electron chi connectivity index (χ2n) is 7.60. The molecule has 2 aromatic rings. The summed E-state index contributed by atoms with van der Waals surface area (Å²) in [6.45, 7) is 0.900. The van der Waals surface area contributed by atoms with Crippen LogP contribution in [0.25, 0.3) is 10.4 Å². The number of Topliss-reactive ketones (excluding diaryl/α,β-unsaturated/α-hetero) is 1. The lowest BCUT2D eigenvalue weighted by atomic mass is 9.82. The summed E-state index contributed by atoms with van der Waals surface area (Å²) in [5, 5.41) is 21.7. The Kier molecular flexibility index (Phi) is 7.56. The van der Waals surface area contributed by atoms with Crippen molar-refractivity contribution in [3.05, 3.63) is 34.2 Å². The van der Waals surface area contributed by atoms with Crippen LogP contribution in [-0.2, 0) is 9.59 Å². The molecule has 1 aliphatic carbocycles. The number of aromatic carboxylic acids is 1. The number of carbonyl (C=O) groups excluding carboxylic acids is 1. The van der Waals surface area contributed by atoms with Gasteiger partial charge < -0.3 is 20.3 Å². The molecular formula is C22H24ClNO6S. The van der Waals surface area contributed by atoms with Gasteiger partial charge in [0, 0.05) is 5.69 Å². The number of anilines is 1. The molecule has 0 saturated heterocycles. The number of aliphatic carboxylic acids is 1. The maximum Gasteiger partial charge on any atom is 0.349 e. The van der Waals surface area contributed by atoms with Gasteiger partial charge in [0.25, 0.3) is 0 Å². The SMILES string of the molecule is CC(=O)C(Nc1cccc(-c2sc(C(=O)O)c(OCC(=O)O)c2Cl)c1)C1CCCCC1. The van der Waals surface area contributed by atoms with E-state index in [1.807, 2.05) is 12.1 Å². The molecule has 0 bridgehead atoms. The molecular weight excluding hydrogens is 442 g/mol. The van der Waals surface area contributed by atoms with Gasteiger partial charge in [0.05, 0.1) is 10.9 Å². The molecule has 1 atom stereocenters. The van der Waals surface area contributed by atoms with Crippen molar-refractivity contribution in [1.29, 1.82) is 0 Å². The molecule has 3 rings (SSSR count). The zero-order valence-electron chi connectivity index (χ0n) is 17.0. The second kappa shape index (κ2) is 10.2. The van der Waals surface area contributed by atoms with Gasteiger partial charge in [-0.15, -0.1) is 11.3 Å². The van der Waals surface area contributed by atoms with E-state index in [0.717, 1.165) is 42.7 Å². The monoisotopic (exact) mass is 465 g/mol. The van der Waals surface area contributed by atoms with Crippen molar-refractivity contribution in [2.75, 3.05) is 11.9 Å². The smallest absolute Gasteiger partial charge is 0.349 e. The summed E-state index contributed by atoms with van der Waals surface area (Å²) in [5.74, 6) is -2.26. The zero-order chi connectivity index (χ0) is 22.5. The van der Waals surface area contributed by atoms with Crippen LogP contribution in [0.2, 0.25) is 5.02 Å². The zero-order valence-corrected chi connectivity index (χ0v) is 18.6. The van der Waals surface area contributed by atoms with Gasteiger partial charge in [-0.2, -0.15) is 0 Å². The van der Waals surface area contributed by atoms with Crippen LogP contribution >= 0.6 is 22.9 Å². The number of carboxylic acids is 2. The standard InChI is InChI=1S/C22H24ClNO6S/c1-12(25)18(13-6-3-2-4-7-13)24-15-9-5-8-14(10-15)20-17(23)19(30-11-16(26)27)21(31-20)22(28)29/h5,8-10,13,18,24H,2-4,6-7,11H2,1H3,(H,26,27)(H,28,29). The van der Waals surface area contributed by atoms with Crippen LogP contribution in [0.3, 0.4) is 0 Å². The average molecular weight is 466 g/mol. The highest BCUT2D eigenvalue weighted by Crippen LogP contribution is 2.46. The Morgan fingerprint density at radius 2 is 1.94 bits per heavy atom. The molecule has 9 heteroatoms. The lowest BCUT2D eigenvalue weighted by Gasteiger charge is -2.30. The molecule has 1 aromatic heterocycles. The van der Waals surface area contributed by atoms with Crippen LogP contribution in [0.5, 0.6) is 5.75 Å². The van der Waals surface area contributed by atoms with Gasteiger partial charge in [0.2, 0.25) is 0 Å². The van der Waals surface area contributed by atoms with E-state index in [-0.39, 0.29) is 33.4 Å². The predicted molar refractivity (Wildman–Crippen MR) is 120 cm³/mol. The third-order valence-electron chi connectivity index (χ3n) is 5.35. The molecule has 31 heavy (non-hydrogen) atoms. The molecule has 1 saturated carbocycles. The van der Waals surface area contributed by atoms with E-state index in [1.54, 1.807) is 19.1 Å². The molecule has 0 amide bonds. The number of hydrogen-bond acceptors (Lipinski definition) is 6. The number of halogens is 1. The molecule has 1 fully saturated rings. The summed E-state index contributed by atoms with van der Waals surface area (Å²) in [6.07, 6.45) is 5.47. The molecule has 1 heterocycles. The number of nitrogens with one attached hydrogen (secondary N) is 1. The van der Waals surface area contributed by atoms with Crippen LogP contribution in [0.15, 0.2) is 24.3 Å². The number of thiophene rings is 1. The van der Waals surface area contributed by atoms with Gasteiger partial charge in [0.15, 0.2) is 23.0 Å². The van der Waals surface area contributed by atoms with E-state index in [9.17, 15) is 19.5 Å². The Morgan fingerprint density at radius 1 is 1.23 bits per heavy atom. The molecule has 1 unspecified atom stereocenters. The van der Waals surface area contributed by atoms with Crippen LogP contribution in [-0.4, -0.2) is 40.6 Å². The Bertz CT molecular complexity index is 982. The van der Waals surface area contributed by atoms with E-state index < -0.39 is 18.5 Å². The van der Waals surface area contributed by atoms with E-state index in [2.05, 4.69) is 5.32 Å². The number of carboxylic acid groups (broad SMARTS) is 2. The summed E-state index contributed by atoms with van der Waals surface area (Å²) < 4.78 is 5.14. The Balaban J connectivity index is 1.90. The fourth-order valence-corrected chi connectivity index (χ4v) is 5.34. The van der Waals surface area contributed by atoms with Crippen molar-refractivity contribution < 1.29 is 29.3 Å². The second-order valence-corrected chi connectivity index (χ2v) is 9.00. The molecule has 0 radical (unpaired) electrons. The number of ketones is 1. The summed E-state index contributed by atoms with van der Waals surface area (Å²) in [5.41, 5.74) is 1.39. The van der Waals surface area contributed by atoms with E-state index in [0.29, 0.717) is 10.4 Å². The number of carbonyl (C=O) groups is 3. The molecule has 7 nitrogen and oxygen atoms in total. The van der Waals surface area contributed by atoms with Crippen molar-refractivity contribution in [2.45, 2.75) is 45.1 Å². The number of benzene rings is 1. The van der Waals surface area contributed by atoms with Gasteiger partial charge >= 0.3 is 11.9 Å².